The van der Waals surface area contributed by atoms with Gasteiger partial charge in [-0.15, -0.1) is 0 Å². The normalized spacial score (nSPS) is 11.4. The minimum Gasteiger partial charge on any atom is -0.273 e. The Kier molecular flexibility index (Phi) is 4.79. The second-order valence-corrected chi connectivity index (χ2v) is 6.51. The second kappa shape index (κ2) is 7.01. The Morgan fingerprint density at radius 1 is 1.12 bits per heavy atom. The molecule has 5 nitrogen and oxygen atoms in total. The maximum absolute atomic E-state index is 13.5. The van der Waals surface area contributed by atoms with E-state index in [1.54, 1.807) is 30.5 Å². The van der Waals surface area contributed by atoms with Gasteiger partial charge in [-0.1, -0.05) is 26.0 Å². The highest BCUT2D eigenvalue weighted by molar-refractivity contribution is 5.73. The van der Waals surface area contributed by atoms with Crippen LogP contribution in [0.25, 0.3) is 11.0 Å². The molecule has 0 saturated carbocycles. The Morgan fingerprint density at radius 2 is 1.92 bits per heavy atom. The number of rotatable bonds is 5. The molecule has 0 saturated heterocycles. The molecule has 2 heterocycles. The predicted octanol–water partition coefficient (Wildman–Crippen LogP) is 2.79. The number of halogens is 1. The van der Waals surface area contributed by atoms with Crippen LogP contribution in [0.3, 0.4) is 0 Å². The van der Waals surface area contributed by atoms with E-state index in [0.717, 1.165) is 6.42 Å². The van der Waals surface area contributed by atoms with E-state index in [1.807, 2.05) is 13.8 Å². The molecular formula is C19H20FN3O2. The van der Waals surface area contributed by atoms with Crippen molar-refractivity contribution in [2.75, 3.05) is 0 Å². The third-order valence-corrected chi connectivity index (χ3v) is 4.14. The number of hydrogen-bond acceptors (Lipinski definition) is 3. The SMILES string of the molecule is CC(C)CCn1c(=O)c2cccnc2n(Cc2cccc(F)c2)c1=O. The zero-order valence-electron chi connectivity index (χ0n) is 14.3. The first-order valence-electron chi connectivity index (χ1n) is 8.30. The third kappa shape index (κ3) is 3.52. The van der Waals surface area contributed by atoms with Gasteiger partial charge in [-0.25, -0.2) is 14.2 Å². The Balaban J connectivity index is 2.19. The van der Waals surface area contributed by atoms with Gasteiger partial charge >= 0.3 is 5.69 Å². The first kappa shape index (κ1) is 17.1. The van der Waals surface area contributed by atoms with Crippen LogP contribution in [0.4, 0.5) is 4.39 Å². The molecule has 3 rings (SSSR count). The fourth-order valence-corrected chi connectivity index (χ4v) is 2.79. The van der Waals surface area contributed by atoms with Crippen molar-refractivity contribution in [3.63, 3.8) is 0 Å². The van der Waals surface area contributed by atoms with Gasteiger partial charge in [0.05, 0.1) is 11.9 Å². The quantitative estimate of drug-likeness (QED) is 0.717. The molecule has 25 heavy (non-hydrogen) atoms. The van der Waals surface area contributed by atoms with Crippen molar-refractivity contribution in [2.24, 2.45) is 5.92 Å². The van der Waals surface area contributed by atoms with E-state index in [9.17, 15) is 14.0 Å². The smallest absolute Gasteiger partial charge is 0.273 e. The van der Waals surface area contributed by atoms with Crippen LogP contribution >= 0.6 is 0 Å². The van der Waals surface area contributed by atoms with Crippen LogP contribution in [0, 0.1) is 11.7 Å². The van der Waals surface area contributed by atoms with Gasteiger partial charge in [0.15, 0.2) is 0 Å². The van der Waals surface area contributed by atoms with Gasteiger partial charge in [0.2, 0.25) is 0 Å². The van der Waals surface area contributed by atoms with Gasteiger partial charge in [-0.2, -0.15) is 0 Å². The molecule has 0 unspecified atom stereocenters. The summed E-state index contributed by atoms with van der Waals surface area (Å²) in [7, 11) is 0. The summed E-state index contributed by atoms with van der Waals surface area (Å²) in [4.78, 5) is 29.8. The largest absolute Gasteiger partial charge is 0.332 e. The standard InChI is InChI=1S/C19H20FN3O2/c1-13(2)8-10-22-18(24)16-7-4-9-21-17(16)23(19(22)25)12-14-5-3-6-15(20)11-14/h3-7,9,11,13H,8,10,12H2,1-2H3. The van der Waals surface area contributed by atoms with E-state index in [2.05, 4.69) is 4.98 Å². The minimum absolute atomic E-state index is 0.159. The Bertz CT molecular complexity index is 1020. The van der Waals surface area contributed by atoms with Crippen molar-refractivity contribution >= 4 is 11.0 Å². The van der Waals surface area contributed by atoms with Gasteiger partial charge < -0.3 is 0 Å². The van der Waals surface area contributed by atoms with Crippen molar-refractivity contribution < 1.29 is 4.39 Å². The van der Waals surface area contributed by atoms with Gasteiger partial charge in [-0.05, 0) is 42.2 Å². The van der Waals surface area contributed by atoms with E-state index in [4.69, 9.17) is 0 Å². The van der Waals surface area contributed by atoms with Gasteiger partial charge in [0.25, 0.3) is 5.56 Å². The summed E-state index contributed by atoms with van der Waals surface area (Å²) in [5, 5.41) is 0.391. The van der Waals surface area contributed by atoms with Gasteiger partial charge in [0.1, 0.15) is 11.5 Å². The molecule has 0 atom stereocenters. The highest BCUT2D eigenvalue weighted by Crippen LogP contribution is 2.10. The van der Waals surface area contributed by atoms with E-state index >= 15 is 0 Å². The summed E-state index contributed by atoms with van der Waals surface area (Å²) in [5.74, 6) is 0.00325. The lowest BCUT2D eigenvalue weighted by Gasteiger charge is -2.14. The number of fused-ring (bicyclic) bond motifs is 1. The summed E-state index contributed by atoms with van der Waals surface area (Å²) in [6.07, 6.45) is 2.27. The van der Waals surface area contributed by atoms with Crippen molar-refractivity contribution in [3.8, 4) is 0 Å². The monoisotopic (exact) mass is 341 g/mol. The Morgan fingerprint density at radius 3 is 2.64 bits per heavy atom. The van der Waals surface area contributed by atoms with Crippen LogP contribution in [-0.2, 0) is 13.1 Å². The molecule has 0 spiro atoms. The Hall–Kier alpha value is -2.76. The molecule has 1 aromatic carbocycles. The molecule has 0 bridgehead atoms. The highest BCUT2D eigenvalue weighted by Gasteiger charge is 2.14. The second-order valence-electron chi connectivity index (χ2n) is 6.51. The maximum atomic E-state index is 13.5. The topological polar surface area (TPSA) is 56.9 Å². The molecule has 0 fully saturated rings. The summed E-state index contributed by atoms with van der Waals surface area (Å²) >= 11 is 0. The lowest BCUT2D eigenvalue weighted by atomic mass is 10.1. The third-order valence-electron chi connectivity index (χ3n) is 4.14. The van der Waals surface area contributed by atoms with E-state index < -0.39 is 5.69 Å². The molecule has 6 heteroatoms. The molecule has 0 aliphatic heterocycles. The van der Waals surface area contributed by atoms with Gasteiger partial charge in [-0.3, -0.25) is 13.9 Å². The first-order valence-corrected chi connectivity index (χ1v) is 8.30. The molecule has 0 aliphatic rings. The summed E-state index contributed by atoms with van der Waals surface area (Å²) in [6.45, 7) is 4.59. The predicted molar refractivity (Wildman–Crippen MR) is 95.2 cm³/mol. The number of benzene rings is 1. The molecule has 0 radical (unpaired) electrons. The van der Waals surface area contributed by atoms with Crippen LogP contribution in [0.1, 0.15) is 25.8 Å². The lowest BCUT2D eigenvalue weighted by molar-refractivity contribution is 0.484. The fourth-order valence-electron chi connectivity index (χ4n) is 2.79. The lowest BCUT2D eigenvalue weighted by Crippen LogP contribution is -2.40. The van der Waals surface area contributed by atoms with Crippen LogP contribution in [0.5, 0.6) is 0 Å². The molecule has 0 amide bonds. The fraction of sp³-hybridized carbons (Fsp3) is 0.316. The average molecular weight is 341 g/mol. The molecule has 0 N–H and O–H groups in total. The summed E-state index contributed by atoms with van der Waals surface area (Å²) in [6, 6.07) is 9.41. The van der Waals surface area contributed by atoms with Crippen LogP contribution in [-0.4, -0.2) is 14.1 Å². The number of aromatic nitrogens is 3. The number of nitrogens with zero attached hydrogens (tertiary/aromatic N) is 3. The van der Waals surface area contributed by atoms with Crippen molar-refractivity contribution in [1.29, 1.82) is 0 Å². The molecule has 130 valence electrons. The molecule has 2 aromatic heterocycles. The van der Waals surface area contributed by atoms with E-state index in [0.29, 0.717) is 29.1 Å². The Labute approximate surface area is 144 Å². The molecule has 0 aliphatic carbocycles. The zero-order valence-corrected chi connectivity index (χ0v) is 14.3. The maximum Gasteiger partial charge on any atom is 0.332 e. The summed E-state index contributed by atoms with van der Waals surface area (Å²) in [5.41, 5.74) is 0.219. The first-order chi connectivity index (χ1) is 12.0. The van der Waals surface area contributed by atoms with Crippen molar-refractivity contribution in [2.45, 2.75) is 33.4 Å². The van der Waals surface area contributed by atoms with Crippen molar-refractivity contribution in [3.05, 3.63) is 74.8 Å². The van der Waals surface area contributed by atoms with E-state index in [1.165, 1.54) is 21.3 Å². The number of hydrogen-bond donors (Lipinski definition) is 0. The van der Waals surface area contributed by atoms with Crippen molar-refractivity contribution in [1.82, 2.24) is 14.1 Å². The van der Waals surface area contributed by atoms with Crippen LogP contribution in [0.2, 0.25) is 0 Å². The molecule has 3 aromatic rings. The van der Waals surface area contributed by atoms with Gasteiger partial charge in [0, 0.05) is 12.7 Å². The zero-order chi connectivity index (χ0) is 18.0. The molecular weight excluding hydrogens is 321 g/mol. The highest BCUT2D eigenvalue weighted by atomic mass is 19.1. The summed E-state index contributed by atoms with van der Waals surface area (Å²) < 4.78 is 16.2. The number of pyridine rings is 1. The van der Waals surface area contributed by atoms with E-state index in [-0.39, 0.29) is 17.9 Å². The average Bonchev–Trinajstić information content (AvgIpc) is 2.58. The van der Waals surface area contributed by atoms with Crippen LogP contribution in [0.15, 0.2) is 52.2 Å². The minimum atomic E-state index is -0.416. The van der Waals surface area contributed by atoms with Crippen LogP contribution < -0.4 is 11.2 Å².